The van der Waals surface area contributed by atoms with Crippen molar-refractivity contribution < 1.29 is 24.0 Å². The highest BCUT2D eigenvalue weighted by Crippen LogP contribution is 2.53. The quantitative estimate of drug-likeness (QED) is 0.104. The van der Waals surface area contributed by atoms with Crippen LogP contribution in [0.3, 0.4) is 0 Å². The maximum absolute atomic E-state index is 14.1. The zero-order valence-electron chi connectivity index (χ0n) is 29.9. The van der Waals surface area contributed by atoms with E-state index >= 15 is 0 Å². The van der Waals surface area contributed by atoms with E-state index in [0.717, 1.165) is 68.7 Å². The van der Waals surface area contributed by atoms with E-state index in [4.69, 9.17) is 9.47 Å². The third-order valence-corrected chi connectivity index (χ3v) is 10.8. The van der Waals surface area contributed by atoms with Crippen LogP contribution >= 0.6 is 0 Å². The molecule has 7 rings (SSSR count). The van der Waals surface area contributed by atoms with Crippen molar-refractivity contribution in [2.24, 2.45) is 0 Å². The summed E-state index contributed by atoms with van der Waals surface area (Å²) < 4.78 is 13.7. The van der Waals surface area contributed by atoms with Crippen LogP contribution in [0, 0.1) is 0 Å². The van der Waals surface area contributed by atoms with Gasteiger partial charge in [-0.15, -0.1) is 13.2 Å². The van der Waals surface area contributed by atoms with Crippen LogP contribution in [-0.4, -0.2) is 48.5 Å². The number of ether oxygens (including phenoxy) is 2. The Hall–Kier alpha value is -5.36. The maximum atomic E-state index is 14.1. The number of hydrogen-bond donors (Lipinski definition) is 1. The SMILES string of the molecule is C=CCCN1/C(=C/C2=C(O)C(=C/C3=[N+](CCC=C)c4ccc5c(OC)cccc5c4C3(C)C)/C2=O)C(C)(C)c2c1ccc1c(OC)cccc21. The largest absolute Gasteiger partial charge is 0.506 e. The van der Waals surface area contributed by atoms with Crippen LogP contribution in [0.25, 0.3) is 21.5 Å². The number of aliphatic hydroxyl groups is 1. The van der Waals surface area contributed by atoms with Gasteiger partial charge in [-0.1, -0.05) is 50.3 Å². The van der Waals surface area contributed by atoms with E-state index in [9.17, 15) is 9.90 Å². The fraction of sp³-hybridized carbons (Fsp3) is 0.273. The minimum Gasteiger partial charge on any atom is -0.506 e. The number of nitrogens with zero attached hydrogens (tertiary/aromatic N) is 2. The average Bonchev–Trinajstić information content (AvgIpc) is 3.47. The summed E-state index contributed by atoms with van der Waals surface area (Å²) in [6.07, 6.45) is 9.16. The number of benzene rings is 4. The number of hydrogen-bond acceptors (Lipinski definition) is 5. The third kappa shape index (κ3) is 4.76. The molecule has 0 saturated heterocycles. The number of aliphatic hydroxyl groups excluding tert-OH is 1. The van der Waals surface area contributed by atoms with Crippen molar-refractivity contribution in [3.05, 3.63) is 132 Å². The van der Waals surface area contributed by atoms with E-state index in [-0.39, 0.29) is 11.5 Å². The van der Waals surface area contributed by atoms with Gasteiger partial charge in [-0.2, -0.15) is 4.58 Å². The summed E-state index contributed by atoms with van der Waals surface area (Å²) in [6.45, 7) is 18.1. The molecule has 1 N–H and O–H groups in total. The van der Waals surface area contributed by atoms with E-state index in [0.29, 0.717) is 24.2 Å². The molecule has 0 spiro atoms. The summed E-state index contributed by atoms with van der Waals surface area (Å²) in [5, 5.41) is 16.0. The van der Waals surface area contributed by atoms with E-state index in [2.05, 4.69) is 86.7 Å². The zero-order valence-corrected chi connectivity index (χ0v) is 29.9. The van der Waals surface area contributed by atoms with Crippen molar-refractivity contribution >= 4 is 44.4 Å². The number of fused-ring (bicyclic) bond motifs is 6. The van der Waals surface area contributed by atoms with Crippen molar-refractivity contribution in [3.63, 3.8) is 0 Å². The van der Waals surface area contributed by atoms with Gasteiger partial charge >= 0.3 is 0 Å². The highest BCUT2D eigenvalue weighted by atomic mass is 16.5. The molecule has 4 aromatic carbocycles. The van der Waals surface area contributed by atoms with Crippen LogP contribution in [0.5, 0.6) is 11.5 Å². The molecule has 0 atom stereocenters. The molecule has 0 unspecified atom stereocenters. The predicted octanol–water partition coefficient (Wildman–Crippen LogP) is 9.54. The first-order valence-corrected chi connectivity index (χ1v) is 17.3. The van der Waals surface area contributed by atoms with E-state index in [1.165, 1.54) is 11.1 Å². The smallest absolute Gasteiger partial charge is 0.210 e. The molecule has 0 saturated carbocycles. The Morgan fingerprint density at radius 2 is 1.40 bits per heavy atom. The van der Waals surface area contributed by atoms with E-state index in [1.54, 1.807) is 14.2 Å². The van der Waals surface area contributed by atoms with Crippen LogP contribution in [0.4, 0.5) is 11.4 Å². The number of ketones is 1. The van der Waals surface area contributed by atoms with Crippen LogP contribution in [0.15, 0.2) is 121 Å². The number of carbonyl (C=O) groups excluding carboxylic acids is 1. The first-order valence-electron chi connectivity index (χ1n) is 17.3. The van der Waals surface area contributed by atoms with Gasteiger partial charge in [0, 0.05) is 58.2 Å². The Balaban J connectivity index is 1.35. The third-order valence-electron chi connectivity index (χ3n) is 10.8. The van der Waals surface area contributed by atoms with Gasteiger partial charge in [0.15, 0.2) is 12.3 Å². The molecule has 2 heterocycles. The number of rotatable bonds is 10. The Bertz CT molecular complexity index is 2260. The van der Waals surface area contributed by atoms with Gasteiger partial charge in [0.25, 0.3) is 0 Å². The lowest BCUT2D eigenvalue weighted by atomic mass is 9.76. The fourth-order valence-electron chi connectivity index (χ4n) is 8.37. The lowest BCUT2D eigenvalue weighted by molar-refractivity contribution is -0.436. The van der Waals surface area contributed by atoms with Gasteiger partial charge in [-0.3, -0.25) is 4.79 Å². The second-order valence-corrected chi connectivity index (χ2v) is 14.3. The van der Waals surface area contributed by atoms with Crippen molar-refractivity contribution in [1.82, 2.24) is 0 Å². The molecule has 0 fully saturated rings. The number of methoxy groups -OCH3 is 2. The molecule has 3 aliphatic rings. The Morgan fingerprint density at radius 1 is 0.780 bits per heavy atom. The normalized spacial score (nSPS) is 19.0. The first kappa shape index (κ1) is 33.2. The van der Waals surface area contributed by atoms with Crippen molar-refractivity contribution in [3.8, 4) is 11.5 Å². The van der Waals surface area contributed by atoms with Crippen molar-refractivity contribution in [2.45, 2.75) is 51.4 Å². The zero-order chi connectivity index (χ0) is 35.5. The molecule has 50 heavy (non-hydrogen) atoms. The van der Waals surface area contributed by atoms with E-state index < -0.39 is 10.8 Å². The summed E-state index contributed by atoms with van der Waals surface area (Å²) in [6, 6.07) is 20.8. The summed E-state index contributed by atoms with van der Waals surface area (Å²) in [7, 11) is 3.39. The standard InChI is InChI=1S/C44H44N2O4/c1-9-11-23-45-33-21-19-27-29(15-13-17-35(27)49-7)39(33)43(3,4)37(45)25-31-41(47)32(42(31)48)26-38-44(5,6)40-30-16-14-18-36(50-8)28(30)20-22-34(40)46(38)24-12-10-2/h9-10,13-22,25-26H,1-2,11-12,23-24H2,3-8H3/p+1. The number of carbonyl (C=O) groups is 1. The molecule has 6 nitrogen and oxygen atoms in total. The summed E-state index contributed by atoms with van der Waals surface area (Å²) >= 11 is 0. The topological polar surface area (TPSA) is 62.0 Å². The molecular weight excluding hydrogens is 620 g/mol. The lowest BCUT2D eigenvalue weighted by Gasteiger charge is -2.29. The minimum atomic E-state index is -0.456. The minimum absolute atomic E-state index is 0.0268. The molecule has 6 heteroatoms. The van der Waals surface area contributed by atoms with Gasteiger partial charge in [0.1, 0.15) is 17.3 Å². The van der Waals surface area contributed by atoms with Gasteiger partial charge in [-0.25, -0.2) is 0 Å². The lowest BCUT2D eigenvalue weighted by Crippen LogP contribution is -2.32. The highest BCUT2D eigenvalue weighted by Gasteiger charge is 2.48. The first-order chi connectivity index (χ1) is 24.0. The fourth-order valence-corrected chi connectivity index (χ4v) is 8.37. The molecule has 1 aliphatic carbocycles. The second-order valence-electron chi connectivity index (χ2n) is 14.3. The summed E-state index contributed by atoms with van der Waals surface area (Å²) in [5.41, 5.74) is 6.22. The molecule has 0 amide bonds. The molecule has 0 bridgehead atoms. The number of allylic oxidation sites excluding steroid dienone is 5. The van der Waals surface area contributed by atoms with Crippen molar-refractivity contribution in [1.29, 1.82) is 0 Å². The van der Waals surface area contributed by atoms with Crippen LogP contribution in [0.1, 0.15) is 51.7 Å². The van der Waals surface area contributed by atoms with Gasteiger partial charge in [0.05, 0.1) is 30.8 Å². The second kappa shape index (κ2) is 12.2. The van der Waals surface area contributed by atoms with Gasteiger partial charge < -0.3 is 19.5 Å². The van der Waals surface area contributed by atoms with E-state index in [1.807, 2.05) is 48.6 Å². The van der Waals surface area contributed by atoms with Crippen LogP contribution in [-0.2, 0) is 15.6 Å². The predicted molar refractivity (Wildman–Crippen MR) is 205 cm³/mol. The molecule has 2 aliphatic heterocycles. The molecule has 0 aromatic heterocycles. The molecule has 254 valence electrons. The Kier molecular flexibility index (Phi) is 8.09. The number of Topliss-reactive ketones (excluding diaryl/α,β-unsaturated/α-hetero) is 1. The van der Waals surface area contributed by atoms with Gasteiger partial charge in [-0.05, 0) is 73.0 Å². The van der Waals surface area contributed by atoms with Crippen LogP contribution < -0.4 is 14.4 Å². The average molecular weight is 666 g/mol. The summed E-state index contributed by atoms with van der Waals surface area (Å²) in [5.74, 6) is 1.51. The highest BCUT2D eigenvalue weighted by molar-refractivity contribution is 6.24. The van der Waals surface area contributed by atoms with Crippen molar-refractivity contribution in [2.75, 3.05) is 32.2 Å². The number of anilines is 1. The summed E-state index contributed by atoms with van der Waals surface area (Å²) in [4.78, 5) is 16.4. The molecule has 0 radical (unpaired) electrons. The monoisotopic (exact) mass is 665 g/mol. The van der Waals surface area contributed by atoms with Crippen LogP contribution in [0.2, 0.25) is 0 Å². The van der Waals surface area contributed by atoms with Gasteiger partial charge in [0.2, 0.25) is 11.5 Å². The maximum Gasteiger partial charge on any atom is 0.210 e. The Morgan fingerprint density at radius 3 is 2.00 bits per heavy atom. The molecular formula is C44H45N2O4+. The molecule has 4 aromatic rings. The Labute approximate surface area is 294 Å².